The van der Waals surface area contributed by atoms with E-state index in [1.807, 2.05) is 0 Å². The van der Waals surface area contributed by atoms with Crippen molar-refractivity contribution in [1.82, 2.24) is 19.5 Å². The number of alkyl halides is 3. The summed E-state index contributed by atoms with van der Waals surface area (Å²) < 4.78 is 46.6. The van der Waals surface area contributed by atoms with Gasteiger partial charge in [0.1, 0.15) is 11.3 Å². The fourth-order valence-corrected chi connectivity index (χ4v) is 3.03. The predicted octanol–water partition coefficient (Wildman–Crippen LogP) is 2.59. The second-order valence-electron chi connectivity index (χ2n) is 6.27. The van der Waals surface area contributed by atoms with Crippen LogP contribution in [0.3, 0.4) is 0 Å². The Labute approximate surface area is 157 Å². The zero-order valence-corrected chi connectivity index (χ0v) is 14.5. The highest BCUT2D eigenvalue weighted by Crippen LogP contribution is 2.33. The van der Waals surface area contributed by atoms with Crippen LogP contribution in [0.5, 0.6) is 5.75 Å². The number of carbonyl (C=O) groups excluding carboxylic acids is 1. The molecule has 1 aliphatic rings. The third-order valence-electron chi connectivity index (χ3n) is 4.45. The zero-order chi connectivity index (χ0) is 19.9. The fraction of sp³-hybridized carbons (Fsp3) is 0.278. The summed E-state index contributed by atoms with van der Waals surface area (Å²) in [6.07, 6.45) is -3.59. The maximum atomic E-state index is 13.6. The summed E-state index contributed by atoms with van der Waals surface area (Å²) in [4.78, 5) is 18.6. The lowest BCUT2D eigenvalue weighted by Crippen LogP contribution is -2.40. The van der Waals surface area contributed by atoms with Crippen molar-refractivity contribution in [1.29, 1.82) is 0 Å². The van der Waals surface area contributed by atoms with Crippen LogP contribution in [0.1, 0.15) is 16.1 Å². The van der Waals surface area contributed by atoms with Crippen molar-refractivity contribution in [2.75, 3.05) is 26.3 Å². The molecule has 4 rings (SSSR count). The number of amides is 1. The number of nitrogens with zero attached hydrogens (tertiary/aromatic N) is 4. The first kappa shape index (κ1) is 18.2. The van der Waals surface area contributed by atoms with E-state index in [9.17, 15) is 23.1 Å². The molecule has 0 aliphatic carbocycles. The van der Waals surface area contributed by atoms with Crippen molar-refractivity contribution in [3.63, 3.8) is 0 Å². The Morgan fingerprint density at radius 1 is 1.14 bits per heavy atom. The quantitative estimate of drug-likeness (QED) is 0.725. The van der Waals surface area contributed by atoms with Gasteiger partial charge in [0, 0.05) is 18.7 Å². The molecule has 0 unspecified atom stereocenters. The maximum Gasteiger partial charge on any atom is 0.433 e. The first-order valence-corrected chi connectivity index (χ1v) is 8.47. The minimum atomic E-state index is -4.70. The fourth-order valence-electron chi connectivity index (χ4n) is 3.03. The molecule has 1 aromatic carbocycles. The summed E-state index contributed by atoms with van der Waals surface area (Å²) in [5, 5.41) is 13.2. The standard InChI is InChI=1S/C18H15F3N4O3/c19-18(20,21)15-9-14(11-1-3-12(26)4-2-11)23-16-13(10-22-25(15)16)17(27)24-5-7-28-8-6-24/h1-4,9-10,26H,5-8H2. The minimum absolute atomic E-state index is 0.00646. The number of halogens is 3. The molecular weight excluding hydrogens is 377 g/mol. The van der Waals surface area contributed by atoms with Crippen molar-refractivity contribution in [3.8, 4) is 17.0 Å². The molecule has 1 fully saturated rings. The predicted molar refractivity (Wildman–Crippen MR) is 91.8 cm³/mol. The number of hydrogen-bond acceptors (Lipinski definition) is 5. The summed E-state index contributed by atoms with van der Waals surface area (Å²) >= 11 is 0. The lowest BCUT2D eigenvalue weighted by molar-refractivity contribution is -0.142. The highest BCUT2D eigenvalue weighted by molar-refractivity contribution is 6.00. The average Bonchev–Trinajstić information content (AvgIpc) is 3.11. The molecule has 1 saturated heterocycles. The minimum Gasteiger partial charge on any atom is -0.508 e. The zero-order valence-electron chi connectivity index (χ0n) is 14.5. The number of rotatable bonds is 2. The van der Waals surface area contributed by atoms with E-state index < -0.39 is 17.8 Å². The molecule has 0 spiro atoms. The Morgan fingerprint density at radius 3 is 2.46 bits per heavy atom. The Kier molecular flexibility index (Phi) is 4.42. The van der Waals surface area contributed by atoms with Crippen LogP contribution in [-0.2, 0) is 10.9 Å². The van der Waals surface area contributed by atoms with E-state index in [2.05, 4.69) is 10.1 Å². The molecule has 1 N–H and O–H groups in total. The van der Waals surface area contributed by atoms with E-state index in [1.165, 1.54) is 29.2 Å². The third kappa shape index (κ3) is 3.26. The average molecular weight is 392 g/mol. The Balaban J connectivity index is 1.87. The molecule has 0 bridgehead atoms. The van der Waals surface area contributed by atoms with Crippen molar-refractivity contribution in [2.24, 2.45) is 0 Å². The van der Waals surface area contributed by atoms with Gasteiger partial charge < -0.3 is 14.7 Å². The number of aromatic hydroxyl groups is 1. The second kappa shape index (κ2) is 6.79. The van der Waals surface area contributed by atoms with Crippen LogP contribution in [0, 0.1) is 0 Å². The topological polar surface area (TPSA) is 80.0 Å². The molecule has 3 heterocycles. The molecule has 0 radical (unpaired) electrons. The van der Waals surface area contributed by atoms with Crippen molar-refractivity contribution in [3.05, 3.63) is 47.8 Å². The SMILES string of the molecule is O=C(c1cnn2c(C(F)(F)F)cc(-c3ccc(O)cc3)nc12)N1CCOCC1. The Morgan fingerprint density at radius 2 is 1.82 bits per heavy atom. The van der Waals surface area contributed by atoms with Gasteiger partial charge in [-0.25, -0.2) is 9.50 Å². The molecule has 0 saturated carbocycles. The van der Waals surface area contributed by atoms with E-state index >= 15 is 0 Å². The number of phenolic OH excluding ortho intramolecular Hbond substituents is 1. The second-order valence-corrected chi connectivity index (χ2v) is 6.27. The molecule has 7 nitrogen and oxygen atoms in total. The molecule has 146 valence electrons. The van der Waals surface area contributed by atoms with Crippen LogP contribution in [0.15, 0.2) is 36.5 Å². The molecule has 10 heteroatoms. The maximum absolute atomic E-state index is 13.6. The number of hydrogen-bond donors (Lipinski definition) is 1. The Bertz CT molecular complexity index is 1020. The number of fused-ring (bicyclic) bond motifs is 1. The largest absolute Gasteiger partial charge is 0.508 e. The smallest absolute Gasteiger partial charge is 0.433 e. The van der Waals surface area contributed by atoms with E-state index in [1.54, 1.807) is 0 Å². The van der Waals surface area contributed by atoms with Gasteiger partial charge in [-0.2, -0.15) is 18.3 Å². The van der Waals surface area contributed by atoms with Crippen LogP contribution in [-0.4, -0.2) is 56.8 Å². The van der Waals surface area contributed by atoms with Gasteiger partial charge in [0.2, 0.25) is 0 Å². The van der Waals surface area contributed by atoms with Gasteiger partial charge in [-0.3, -0.25) is 4.79 Å². The molecule has 1 amide bonds. The molecule has 3 aromatic rings. The highest BCUT2D eigenvalue weighted by Gasteiger charge is 2.36. The van der Waals surface area contributed by atoms with E-state index in [0.717, 1.165) is 12.3 Å². The summed E-state index contributed by atoms with van der Waals surface area (Å²) in [6, 6.07) is 6.48. The van der Waals surface area contributed by atoms with Gasteiger partial charge in [-0.15, -0.1) is 0 Å². The summed E-state index contributed by atoms with van der Waals surface area (Å²) in [5.41, 5.74) is -0.822. The van der Waals surface area contributed by atoms with E-state index in [0.29, 0.717) is 36.4 Å². The van der Waals surface area contributed by atoms with Gasteiger partial charge in [0.15, 0.2) is 11.3 Å². The summed E-state index contributed by atoms with van der Waals surface area (Å²) in [5.74, 6) is -0.463. The van der Waals surface area contributed by atoms with Crippen LogP contribution >= 0.6 is 0 Å². The van der Waals surface area contributed by atoms with E-state index in [-0.39, 0.29) is 22.7 Å². The molecule has 28 heavy (non-hydrogen) atoms. The third-order valence-corrected chi connectivity index (χ3v) is 4.45. The summed E-state index contributed by atoms with van der Waals surface area (Å²) in [6.45, 7) is 1.43. The first-order valence-electron chi connectivity index (χ1n) is 8.47. The lowest BCUT2D eigenvalue weighted by atomic mass is 10.1. The van der Waals surface area contributed by atoms with Crippen molar-refractivity contribution in [2.45, 2.75) is 6.18 Å². The van der Waals surface area contributed by atoms with Gasteiger partial charge >= 0.3 is 6.18 Å². The number of ether oxygens (including phenoxy) is 1. The number of morpholine rings is 1. The van der Waals surface area contributed by atoms with Crippen LogP contribution in [0.2, 0.25) is 0 Å². The summed E-state index contributed by atoms with van der Waals surface area (Å²) in [7, 11) is 0. The molecule has 1 aliphatic heterocycles. The molecular formula is C18H15F3N4O3. The van der Waals surface area contributed by atoms with Crippen LogP contribution < -0.4 is 0 Å². The van der Waals surface area contributed by atoms with Gasteiger partial charge in [-0.05, 0) is 30.3 Å². The van der Waals surface area contributed by atoms with Crippen LogP contribution in [0.25, 0.3) is 16.9 Å². The van der Waals surface area contributed by atoms with Crippen molar-refractivity contribution < 1.29 is 27.8 Å². The van der Waals surface area contributed by atoms with E-state index in [4.69, 9.17) is 4.74 Å². The number of aromatic nitrogens is 3. The number of phenols is 1. The first-order chi connectivity index (χ1) is 13.3. The monoisotopic (exact) mass is 392 g/mol. The number of carbonyl (C=O) groups is 1. The van der Waals surface area contributed by atoms with Crippen molar-refractivity contribution >= 4 is 11.6 Å². The highest BCUT2D eigenvalue weighted by atomic mass is 19.4. The van der Waals surface area contributed by atoms with Gasteiger partial charge in [0.05, 0.1) is 25.1 Å². The van der Waals surface area contributed by atoms with Gasteiger partial charge in [0.25, 0.3) is 5.91 Å². The van der Waals surface area contributed by atoms with Crippen LogP contribution in [0.4, 0.5) is 13.2 Å². The molecule has 0 atom stereocenters. The number of benzene rings is 1. The van der Waals surface area contributed by atoms with Gasteiger partial charge in [-0.1, -0.05) is 0 Å². The molecule has 2 aromatic heterocycles. The Hall–Kier alpha value is -3.14. The normalized spacial score (nSPS) is 15.2. The lowest BCUT2D eigenvalue weighted by Gasteiger charge is -2.26.